The molecule has 0 saturated heterocycles. The number of halogens is 3. The van der Waals surface area contributed by atoms with Gasteiger partial charge in [0, 0.05) is 0 Å². The lowest BCUT2D eigenvalue weighted by molar-refractivity contribution is -0.138. The highest BCUT2D eigenvalue weighted by molar-refractivity contribution is 7.15. The zero-order valence-corrected chi connectivity index (χ0v) is 10.1. The van der Waals surface area contributed by atoms with Gasteiger partial charge in [-0.2, -0.15) is 13.2 Å². The lowest BCUT2D eigenvalue weighted by Gasteiger charge is -2.09. The molecule has 1 atom stereocenters. The zero-order valence-electron chi connectivity index (χ0n) is 9.33. The summed E-state index contributed by atoms with van der Waals surface area (Å²) in [5.74, 6) is -0.279. The first-order valence-electron chi connectivity index (χ1n) is 4.69. The number of urea groups is 1. The monoisotopic (exact) mass is 282 g/mol. The predicted molar refractivity (Wildman–Crippen MR) is 57.2 cm³/mol. The maximum absolute atomic E-state index is 12.2. The molecule has 0 fully saturated rings. The third-order valence-corrected chi connectivity index (χ3v) is 2.73. The van der Waals surface area contributed by atoms with Crippen LogP contribution in [0.4, 0.5) is 23.1 Å². The van der Waals surface area contributed by atoms with Crippen LogP contribution < -0.4 is 10.6 Å². The van der Waals surface area contributed by atoms with Crippen molar-refractivity contribution in [1.29, 1.82) is 0 Å². The fourth-order valence-corrected chi connectivity index (χ4v) is 1.43. The number of carbonyl (C=O) groups is 2. The molecule has 2 N–H and O–H groups in total. The molecule has 0 saturated carbocycles. The predicted octanol–water partition coefficient (Wildman–Crippen LogP) is 1.66. The van der Waals surface area contributed by atoms with Crippen molar-refractivity contribution in [2.75, 3.05) is 5.32 Å². The molecule has 0 aliphatic carbocycles. The molecular formula is C8H9F3N4O2S. The van der Waals surface area contributed by atoms with E-state index in [1.165, 1.54) is 13.8 Å². The van der Waals surface area contributed by atoms with E-state index < -0.39 is 23.3 Å². The van der Waals surface area contributed by atoms with Gasteiger partial charge in [-0.05, 0) is 13.8 Å². The Morgan fingerprint density at radius 3 is 2.39 bits per heavy atom. The Morgan fingerprint density at radius 2 is 1.94 bits per heavy atom. The molecule has 2 amide bonds. The van der Waals surface area contributed by atoms with Crippen LogP contribution in [0, 0.1) is 0 Å². The Kier molecular flexibility index (Phi) is 4.22. The van der Waals surface area contributed by atoms with Crippen molar-refractivity contribution in [3.63, 3.8) is 0 Å². The molecular weight excluding hydrogens is 273 g/mol. The van der Waals surface area contributed by atoms with Gasteiger partial charge in [-0.1, -0.05) is 11.3 Å². The van der Waals surface area contributed by atoms with Gasteiger partial charge >= 0.3 is 12.2 Å². The Bertz CT molecular complexity index is 459. The third-order valence-electron chi connectivity index (χ3n) is 1.85. The first-order valence-corrected chi connectivity index (χ1v) is 5.50. The summed E-state index contributed by atoms with van der Waals surface area (Å²) < 4.78 is 36.6. The number of hydrogen-bond acceptors (Lipinski definition) is 5. The second-order valence-corrected chi connectivity index (χ2v) is 4.32. The highest BCUT2D eigenvalue weighted by atomic mass is 32.1. The minimum Gasteiger partial charge on any atom is -0.328 e. The minimum atomic E-state index is -4.60. The second kappa shape index (κ2) is 5.29. The van der Waals surface area contributed by atoms with Crippen LogP contribution in [0.25, 0.3) is 0 Å². The molecule has 18 heavy (non-hydrogen) atoms. The fraction of sp³-hybridized carbons (Fsp3) is 0.500. The highest BCUT2D eigenvalue weighted by Crippen LogP contribution is 2.32. The van der Waals surface area contributed by atoms with Gasteiger partial charge < -0.3 is 5.32 Å². The summed E-state index contributed by atoms with van der Waals surface area (Å²) in [5.41, 5.74) is 0. The van der Waals surface area contributed by atoms with E-state index in [1.807, 2.05) is 0 Å². The van der Waals surface area contributed by atoms with Crippen molar-refractivity contribution >= 4 is 28.3 Å². The van der Waals surface area contributed by atoms with Gasteiger partial charge in [0.15, 0.2) is 5.78 Å². The number of carbonyl (C=O) groups excluding carboxylic acids is 2. The molecule has 1 unspecified atom stereocenters. The second-order valence-electron chi connectivity index (χ2n) is 3.34. The standard InChI is InChI=1S/C8H9F3N4O2S/c1-3(4(2)16)12-6(17)13-7-15-14-5(18-7)8(9,10)11/h3H,1-2H3,(H2,12,13,15,17). The molecule has 1 rings (SSSR count). The lowest BCUT2D eigenvalue weighted by Crippen LogP contribution is -2.39. The molecule has 10 heteroatoms. The number of ketones is 1. The first-order chi connectivity index (χ1) is 8.20. The van der Waals surface area contributed by atoms with Gasteiger partial charge in [-0.15, -0.1) is 10.2 Å². The molecule has 1 aromatic heterocycles. The molecule has 0 bridgehead atoms. The Labute approximate surface area is 104 Å². The van der Waals surface area contributed by atoms with E-state index in [1.54, 1.807) is 0 Å². The van der Waals surface area contributed by atoms with Crippen molar-refractivity contribution in [2.45, 2.75) is 26.1 Å². The number of amides is 2. The summed E-state index contributed by atoms with van der Waals surface area (Å²) in [4.78, 5) is 22.1. The smallest absolute Gasteiger partial charge is 0.328 e. The number of rotatable bonds is 3. The minimum absolute atomic E-state index is 0.200. The van der Waals surface area contributed by atoms with E-state index in [2.05, 4.69) is 20.8 Å². The lowest BCUT2D eigenvalue weighted by atomic mass is 10.2. The summed E-state index contributed by atoms with van der Waals surface area (Å²) in [6, 6.07) is -1.55. The van der Waals surface area contributed by atoms with Crippen LogP contribution in [0.3, 0.4) is 0 Å². The topological polar surface area (TPSA) is 84.0 Å². The number of nitrogens with zero attached hydrogens (tertiary/aromatic N) is 2. The van der Waals surface area contributed by atoms with E-state index in [4.69, 9.17) is 0 Å². The van der Waals surface area contributed by atoms with Crippen molar-refractivity contribution < 1.29 is 22.8 Å². The molecule has 0 aliphatic heterocycles. The van der Waals surface area contributed by atoms with Gasteiger partial charge in [0.1, 0.15) is 0 Å². The molecule has 0 radical (unpaired) electrons. The van der Waals surface area contributed by atoms with E-state index in [0.29, 0.717) is 0 Å². The Hall–Kier alpha value is -1.71. The number of nitrogens with one attached hydrogen (secondary N) is 2. The maximum atomic E-state index is 12.2. The molecule has 6 nitrogen and oxygen atoms in total. The van der Waals surface area contributed by atoms with Crippen LogP contribution in [-0.4, -0.2) is 28.1 Å². The zero-order chi connectivity index (χ0) is 13.9. The van der Waals surface area contributed by atoms with Crippen molar-refractivity contribution in [2.24, 2.45) is 0 Å². The normalized spacial score (nSPS) is 12.9. The van der Waals surface area contributed by atoms with Crippen LogP contribution in [0.5, 0.6) is 0 Å². The highest BCUT2D eigenvalue weighted by Gasteiger charge is 2.35. The molecule has 1 heterocycles. The van der Waals surface area contributed by atoms with Crippen LogP contribution in [0.1, 0.15) is 18.9 Å². The van der Waals surface area contributed by atoms with Crippen molar-refractivity contribution in [1.82, 2.24) is 15.5 Å². The van der Waals surface area contributed by atoms with E-state index in [0.717, 1.165) is 0 Å². The number of anilines is 1. The van der Waals surface area contributed by atoms with Crippen LogP contribution in [0.15, 0.2) is 0 Å². The Morgan fingerprint density at radius 1 is 1.33 bits per heavy atom. The van der Waals surface area contributed by atoms with E-state index in [-0.39, 0.29) is 22.3 Å². The summed E-state index contributed by atoms with van der Waals surface area (Å²) in [7, 11) is 0. The third kappa shape index (κ3) is 3.95. The van der Waals surface area contributed by atoms with Crippen LogP contribution >= 0.6 is 11.3 Å². The quantitative estimate of drug-likeness (QED) is 0.883. The molecule has 0 spiro atoms. The first kappa shape index (κ1) is 14.4. The summed E-state index contributed by atoms with van der Waals surface area (Å²) >= 11 is 0.200. The van der Waals surface area contributed by atoms with Gasteiger partial charge in [-0.3, -0.25) is 10.1 Å². The van der Waals surface area contributed by atoms with Gasteiger partial charge in [0.25, 0.3) is 0 Å². The largest absolute Gasteiger partial charge is 0.445 e. The van der Waals surface area contributed by atoms with Gasteiger partial charge in [0.05, 0.1) is 6.04 Å². The number of hydrogen-bond donors (Lipinski definition) is 2. The summed E-state index contributed by atoms with van der Waals surface area (Å²) in [6.45, 7) is 2.72. The van der Waals surface area contributed by atoms with Crippen molar-refractivity contribution in [3.8, 4) is 0 Å². The molecule has 1 aromatic rings. The van der Waals surface area contributed by atoms with Gasteiger partial charge in [0.2, 0.25) is 10.1 Å². The number of Topliss-reactive ketones (excluding diaryl/α,β-unsaturated/α-hetero) is 1. The fourth-order valence-electron chi connectivity index (χ4n) is 0.820. The summed E-state index contributed by atoms with van der Waals surface area (Å²) in [6.07, 6.45) is -4.60. The van der Waals surface area contributed by atoms with Crippen molar-refractivity contribution in [3.05, 3.63) is 5.01 Å². The number of alkyl halides is 3. The van der Waals surface area contributed by atoms with Gasteiger partial charge in [-0.25, -0.2) is 4.79 Å². The SMILES string of the molecule is CC(=O)C(C)NC(=O)Nc1nnc(C(F)(F)F)s1. The summed E-state index contributed by atoms with van der Waals surface area (Å²) in [5, 5.41) is 8.90. The average Bonchev–Trinajstić information content (AvgIpc) is 2.64. The van der Waals surface area contributed by atoms with E-state index >= 15 is 0 Å². The Balaban J connectivity index is 2.60. The van der Waals surface area contributed by atoms with Crippen LogP contribution in [-0.2, 0) is 11.0 Å². The van der Waals surface area contributed by atoms with Crippen LogP contribution in [0.2, 0.25) is 0 Å². The number of aromatic nitrogens is 2. The molecule has 0 aliphatic rings. The van der Waals surface area contributed by atoms with E-state index in [9.17, 15) is 22.8 Å². The maximum Gasteiger partial charge on any atom is 0.445 e. The average molecular weight is 282 g/mol. The molecule has 0 aromatic carbocycles. The molecule has 100 valence electrons.